The molecule has 1 aliphatic rings. The molecule has 0 unspecified atom stereocenters. The van der Waals surface area contributed by atoms with E-state index in [0.717, 1.165) is 17.6 Å². The minimum Gasteiger partial charge on any atom is -0.307 e. The lowest BCUT2D eigenvalue weighted by atomic mass is 9.71. The maximum Gasteiger partial charge on any atom is 0.384 e. The van der Waals surface area contributed by atoms with Crippen molar-refractivity contribution in [2.45, 2.75) is 42.2 Å². The predicted octanol–water partition coefficient (Wildman–Crippen LogP) is 4.23. The summed E-state index contributed by atoms with van der Waals surface area (Å²) in [4.78, 5) is 14.8. The fourth-order valence-electron chi connectivity index (χ4n) is 2.25. The molecule has 1 N–H and O–H groups in total. The summed E-state index contributed by atoms with van der Waals surface area (Å²) in [7, 11) is 0. The van der Waals surface area contributed by atoms with Gasteiger partial charge in [0.1, 0.15) is 5.82 Å². The molecule has 152 valence electrons. The summed E-state index contributed by atoms with van der Waals surface area (Å²) in [6.45, 7) is 1.40. The van der Waals surface area contributed by atoms with Crippen LogP contribution >= 0.6 is 0 Å². The number of hydrogen-bond acceptors (Lipinski definition) is 2. The Morgan fingerprint density at radius 1 is 0.778 bits per heavy atom. The zero-order chi connectivity index (χ0) is 21.3. The van der Waals surface area contributed by atoms with Crippen LogP contribution in [-0.2, 0) is 4.79 Å². The van der Waals surface area contributed by atoms with E-state index >= 15 is 0 Å². The average Bonchev–Trinajstić information content (AvgIpc) is 2.54. The lowest BCUT2D eigenvalue weighted by Crippen LogP contribution is -2.86. The van der Waals surface area contributed by atoms with Gasteiger partial charge in [0.2, 0.25) is 0 Å². The van der Waals surface area contributed by atoms with Gasteiger partial charge in [0.25, 0.3) is 5.91 Å². The van der Waals surface area contributed by atoms with Gasteiger partial charge in [0.05, 0.1) is 0 Å². The standard InChI is InChI=1S/C13H7F11N2O/c1-5-2-3-6(25-4-5)26-7(27)8(14)9(15,16)11(19,20)13(23,24)12(21,22)10(8,17)18/h2-4H,1H3,(H,25,26,27). The van der Waals surface area contributed by atoms with E-state index in [9.17, 15) is 53.1 Å². The first-order valence-electron chi connectivity index (χ1n) is 6.71. The smallest absolute Gasteiger partial charge is 0.307 e. The Bertz CT molecular complexity index is 730. The molecule has 1 aromatic heterocycles. The van der Waals surface area contributed by atoms with E-state index in [1.165, 1.54) is 6.92 Å². The molecule has 14 heteroatoms. The van der Waals surface area contributed by atoms with E-state index in [2.05, 4.69) is 4.98 Å². The molecule has 0 aliphatic heterocycles. The average molecular weight is 416 g/mol. The van der Waals surface area contributed by atoms with Crippen LogP contribution in [0.1, 0.15) is 5.56 Å². The van der Waals surface area contributed by atoms with Crippen molar-refractivity contribution in [3.8, 4) is 0 Å². The van der Waals surface area contributed by atoms with Gasteiger partial charge in [-0.25, -0.2) is 9.37 Å². The molecule has 0 aromatic carbocycles. The van der Waals surface area contributed by atoms with Crippen molar-refractivity contribution < 1.29 is 53.1 Å². The largest absolute Gasteiger partial charge is 0.384 e. The summed E-state index contributed by atoms with van der Waals surface area (Å²) in [5.74, 6) is -40.8. The number of rotatable bonds is 2. The summed E-state index contributed by atoms with van der Waals surface area (Å²) < 4.78 is 148. The number of aryl methyl sites for hydroxylation is 1. The number of carbonyl (C=O) groups excluding carboxylic acids is 1. The van der Waals surface area contributed by atoms with Gasteiger partial charge in [0.15, 0.2) is 0 Å². The normalized spacial score (nSPS) is 26.2. The Morgan fingerprint density at radius 3 is 1.56 bits per heavy atom. The molecular formula is C13H7F11N2O. The number of nitrogens with zero attached hydrogens (tertiary/aromatic N) is 1. The number of alkyl halides is 11. The number of halogens is 11. The SMILES string of the molecule is Cc1ccc(NC(=O)C2(F)C(F)(F)C(F)(F)C(F)(F)C(F)(F)C2(F)F)nc1. The molecule has 1 aliphatic carbocycles. The van der Waals surface area contributed by atoms with Gasteiger partial charge in [-0.3, -0.25) is 4.79 Å². The molecule has 0 saturated heterocycles. The molecule has 1 heterocycles. The number of amides is 1. The van der Waals surface area contributed by atoms with Gasteiger partial charge in [-0.1, -0.05) is 6.07 Å². The topological polar surface area (TPSA) is 42.0 Å². The van der Waals surface area contributed by atoms with E-state index in [0.29, 0.717) is 11.6 Å². The molecule has 3 nitrogen and oxygen atoms in total. The monoisotopic (exact) mass is 416 g/mol. The maximum absolute atomic E-state index is 14.4. The van der Waals surface area contributed by atoms with Gasteiger partial charge >= 0.3 is 35.3 Å². The van der Waals surface area contributed by atoms with Crippen molar-refractivity contribution in [3.05, 3.63) is 23.9 Å². The van der Waals surface area contributed by atoms with Crippen LogP contribution in [0, 0.1) is 6.92 Å². The van der Waals surface area contributed by atoms with Gasteiger partial charge in [-0.15, -0.1) is 0 Å². The third-order valence-corrected chi connectivity index (χ3v) is 3.91. The minimum absolute atomic E-state index is 0.356. The second-order valence-electron chi connectivity index (χ2n) is 5.71. The number of pyridine rings is 1. The maximum atomic E-state index is 14.4. The summed E-state index contributed by atoms with van der Waals surface area (Å²) in [6, 6.07) is 1.78. The van der Waals surface area contributed by atoms with E-state index in [-0.39, 0.29) is 0 Å². The molecule has 0 spiro atoms. The first-order valence-corrected chi connectivity index (χ1v) is 6.71. The van der Waals surface area contributed by atoms with Gasteiger partial charge in [0, 0.05) is 6.20 Å². The third-order valence-electron chi connectivity index (χ3n) is 3.91. The molecule has 1 aromatic rings. The third kappa shape index (κ3) is 2.21. The zero-order valence-corrected chi connectivity index (χ0v) is 12.7. The number of hydrogen-bond donors (Lipinski definition) is 1. The van der Waals surface area contributed by atoms with Crippen molar-refractivity contribution in [2.24, 2.45) is 0 Å². The van der Waals surface area contributed by atoms with Crippen LogP contribution in [0.4, 0.5) is 54.1 Å². The summed E-state index contributed by atoms with van der Waals surface area (Å²) in [5, 5.41) is 0.897. The van der Waals surface area contributed by atoms with E-state index in [1.807, 2.05) is 0 Å². The van der Waals surface area contributed by atoms with E-state index in [1.54, 1.807) is 0 Å². The highest BCUT2D eigenvalue weighted by Gasteiger charge is 3.02. The summed E-state index contributed by atoms with van der Waals surface area (Å²) >= 11 is 0. The Balaban J connectivity index is 2.66. The Hall–Kier alpha value is -2.15. The van der Waals surface area contributed by atoms with Crippen molar-refractivity contribution in [2.75, 3.05) is 5.32 Å². The molecule has 1 amide bonds. The number of aromatic nitrogens is 1. The van der Waals surface area contributed by atoms with E-state index < -0.39 is 47.0 Å². The van der Waals surface area contributed by atoms with Gasteiger partial charge in [-0.2, -0.15) is 43.9 Å². The van der Waals surface area contributed by atoms with Crippen molar-refractivity contribution in [1.29, 1.82) is 0 Å². The van der Waals surface area contributed by atoms with Crippen molar-refractivity contribution in [1.82, 2.24) is 4.98 Å². The molecule has 1 fully saturated rings. The first-order chi connectivity index (χ1) is 11.9. The molecule has 0 bridgehead atoms. The van der Waals surface area contributed by atoms with Crippen LogP contribution in [0.25, 0.3) is 0 Å². The number of carbonyl (C=O) groups is 1. The molecular weight excluding hydrogens is 409 g/mol. The summed E-state index contributed by atoms with van der Waals surface area (Å²) in [5.41, 5.74) is -6.38. The lowest BCUT2D eigenvalue weighted by Gasteiger charge is -2.51. The van der Waals surface area contributed by atoms with Crippen LogP contribution in [-0.4, -0.2) is 46.2 Å². The van der Waals surface area contributed by atoms with Crippen LogP contribution in [0.15, 0.2) is 18.3 Å². The van der Waals surface area contributed by atoms with Gasteiger partial charge in [-0.05, 0) is 18.6 Å². The number of anilines is 1. The highest BCUT2D eigenvalue weighted by molar-refractivity contribution is 5.99. The van der Waals surface area contributed by atoms with Crippen LogP contribution in [0.3, 0.4) is 0 Å². The van der Waals surface area contributed by atoms with Crippen LogP contribution in [0.5, 0.6) is 0 Å². The number of nitrogens with one attached hydrogen (secondary N) is 1. The zero-order valence-electron chi connectivity index (χ0n) is 12.7. The molecule has 0 atom stereocenters. The van der Waals surface area contributed by atoms with Crippen molar-refractivity contribution in [3.63, 3.8) is 0 Å². The fraction of sp³-hybridized carbons (Fsp3) is 0.538. The molecule has 27 heavy (non-hydrogen) atoms. The second-order valence-corrected chi connectivity index (χ2v) is 5.71. The first kappa shape index (κ1) is 21.2. The molecule has 1 saturated carbocycles. The predicted molar refractivity (Wildman–Crippen MR) is 66.2 cm³/mol. The Morgan fingerprint density at radius 2 is 1.19 bits per heavy atom. The van der Waals surface area contributed by atoms with Crippen molar-refractivity contribution >= 4 is 11.7 Å². The highest BCUT2D eigenvalue weighted by atomic mass is 19.4. The second kappa shape index (κ2) is 5.44. The van der Waals surface area contributed by atoms with Gasteiger partial charge < -0.3 is 5.32 Å². The highest BCUT2D eigenvalue weighted by Crippen LogP contribution is 2.69. The van der Waals surface area contributed by atoms with E-state index in [4.69, 9.17) is 0 Å². The summed E-state index contributed by atoms with van der Waals surface area (Å²) in [6.07, 6.45) is 0.884. The minimum atomic E-state index is -7.37. The lowest BCUT2D eigenvalue weighted by molar-refractivity contribution is -0.475. The quantitative estimate of drug-likeness (QED) is 0.734. The molecule has 2 rings (SSSR count). The Kier molecular flexibility index (Phi) is 4.26. The van der Waals surface area contributed by atoms with Crippen LogP contribution < -0.4 is 5.32 Å². The van der Waals surface area contributed by atoms with Crippen LogP contribution in [0.2, 0.25) is 0 Å². The molecule has 0 radical (unpaired) electrons. The Labute approximate surface area is 142 Å². The fourth-order valence-corrected chi connectivity index (χ4v) is 2.25.